The zero-order valence-corrected chi connectivity index (χ0v) is 10.3. The van der Waals surface area contributed by atoms with E-state index >= 15 is 0 Å². The zero-order chi connectivity index (χ0) is 11.8. The lowest BCUT2D eigenvalue weighted by atomic mass is 10.0. The van der Waals surface area contributed by atoms with Crippen LogP contribution in [0, 0.1) is 13.8 Å². The maximum atomic E-state index is 4.57. The summed E-state index contributed by atoms with van der Waals surface area (Å²) >= 11 is 0. The molecule has 2 heterocycles. The van der Waals surface area contributed by atoms with Crippen molar-refractivity contribution in [3.8, 4) is 5.69 Å². The normalized spacial score (nSPS) is 14.2. The van der Waals surface area contributed by atoms with E-state index in [1.807, 2.05) is 11.6 Å². The average molecular weight is 227 g/mol. The predicted octanol–water partition coefficient (Wildman–Crippen LogP) is 2.85. The van der Waals surface area contributed by atoms with Crippen LogP contribution >= 0.6 is 0 Å². The summed E-state index contributed by atoms with van der Waals surface area (Å²) in [4.78, 5) is 0. The number of rotatable bonds is 1. The van der Waals surface area contributed by atoms with Crippen LogP contribution in [-0.2, 0) is 6.42 Å². The van der Waals surface area contributed by atoms with E-state index in [0.29, 0.717) is 0 Å². The van der Waals surface area contributed by atoms with Gasteiger partial charge in [0.25, 0.3) is 0 Å². The summed E-state index contributed by atoms with van der Waals surface area (Å²) in [5.74, 6) is 0. The van der Waals surface area contributed by atoms with Gasteiger partial charge < -0.3 is 5.32 Å². The topological polar surface area (TPSA) is 29.9 Å². The van der Waals surface area contributed by atoms with Crippen LogP contribution in [0.3, 0.4) is 0 Å². The van der Waals surface area contributed by atoms with Crippen molar-refractivity contribution in [2.45, 2.75) is 26.7 Å². The van der Waals surface area contributed by atoms with Crippen LogP contribution in [-0.4, -0.2) is 16.3 Å². The largest absolute Gasteiger partial charge is 0.383 e. The zero-order valence-electron chi connectivity index (χ0n) is 10.3. The highest BCUT2D eigenvalue weighted by atomic mass is 15.3. The van der Waals surface area contributed by atoms with E-state index in [0.717, 1.165) is 18.7 Å². The lowest BCUT2D eigenvalue weighted by Gasteiger charge is -2.21. The number of nitrogens with zero attached hydrogens (tertiary/aromatic N) is 2. The van der Waals surface area contributed by atoms with E-state index in [4.69, 9.17) is 0 Å². The number of hydrogen-bond acceptors (Lipinski definition) is 2. The first kappa shape index (κ1) is 10.4. The van der Waals surface area contributed by atoms with Gasteiger partial charge in [0.15, 0.2) is 0 Å². The molecule has 1 aromatic heterocycles. The number of anilines is 1. The molecular formula is C14H17N3. The van der Waals surface area contributed by atoms with Gasteiger partial charge in [-0.1, -0.05) is 12.1 Å². The minimum atomic E-state index is 1.06. The smallest absolute Gasteiger partial charge is 0.0882 e. The van der Waals surface area contributed by atoms with Crippen LogP contribution in [0.5, 0.6) is 0 Å². The van der Waals surface area contributed by atoms with Gasteiger partial charge in [-0.2, -0.15) is 5.10 Å². The minimum absolute atomic E-state index is 1.06. The van der Waals surface area contributed by atoms with E-state index in [1.54, 1.807) is 0 Å². The summed E-state index contributed by atoms with van der Waals surface area (Å²) in [5, 5.41) is 8.07. The first-order chi connectivity index (χ1) is 8.25. The Kier molecular flexibility index (Phi) is 2.39. The second-order valence-electron chi connectivity index (χ2n) is 4.68. The molecule has 2 aromatic rings. The van der Waals surface area contributed by atoms with Crippen molar-refractivity contribution in [1.82, 2.24) is 9.78 Å². The summed E-state index contributed by atoms with van der Waals surface area (Å²) in [6, 6.07) is 8.58. The molecule has 0 bridgehead atoms. The number of hydrogen-bond donors (Lipinski definition) is 1. The first-order valence-corrected chi connectivity index (χ1v) is 6.15. The van der Waals surface area contributed by atoms with E-state index < -0.39 is 0 Å². The molecule has 0 saturated heterocycles. The molecule has 3 rings (SSSR count). The van der Waals surface area contributed by atoms with Crippen molar-refractivity contribution in [1.29, 1.82) is 0 Å². The summed E-state index contributed by atoms with van der Waals surface area (Å²) in [6.07, 6.45) is 2.38. The van der Waals surface area contributed by atoms with Gasteiger partial charge in [0.2, 0.25) is 0 Å². The van der Waals surface area contributed by atoms with Gasteiger partial charge in [0.05, 0.1) is 17.1 Å². The number of nitrogens with one attached hydrogen (secondary N) is 1. The number of para-hydroxylation sites is 1. The molecule has 0 radical (unpaired) electrons. The van der Waals surface area contributed by atoms with Gasteiger partial charge in [0, 0.05) is 12.2 Å². The van der Waals surface area contributed by atoms with Crippen molar-refractivity contribution in [3.05, 3.63) is 41.2 Å². The molecule has 0 fully saturated rings. The Morgan fingerprint density at radius 3 is 2.94 bits per heavy atom. The molecule has 88 valence electrons. The number of aromatic nitrogens is 2. The molecule has 1 aliphatic heterocycles. The van der Waals surface area contributed by atoms with E-state index in [9.17, 15) is 0 Å². The summed E-state index contributed by atoms with van der Waals surface area (Å²) < 4.78 is 2.03. The lowest BCUT2D eigenvalue weighted by molar-refractivity contribution is 0.799. The Hall–Kier alpha value is -1.77. The minimum Gasteiger partial charge on any atom is -0.383 e. The first-order valence-electron chi connectivity index (χ1n) is 6.15. The summed E-state index contributed by atoms with van der Waals surface area (Å²) in [5.41, 5.74) is 6.08. The Bertz CT molecular complexity index is 555. The van der Waals surface area contributed by atoms with E-state index in [-0.39, 0.29) is 0 Å². The van der Waals surface area contributed by atoms with Gasteiger partial charge in [0.1, 0.15) is 0 Å². The highest BCUT2D eigenvalue weighted by Gasteiger charge is 2.15. The van der Waals surface area contributed by atoms with E-state index in [1.165, 1.54) is 29.1 Å². The lowest BCUT2D eigenvalue weighted by Crippen LogP contribution is -2.15. The Labute approximate surface area is 101 Å². The number of benzene rings is 1. The van der Waals surface area contributed by atoms with Crippen molar-refractivity contribution in [2.24, 2.45) is 0 Å². The van der Waals surface area contributed by atoms with Gasteiger partial charge in [-0.15, -0.1) is 0 Å². The summed E-state index contributed by atoms with van der Waals surface area (Å²) in [7, 11) is 0. The van der Waals surface area contributed by atoms with Crippen LogP contribution in [0.2, 0.25) is 0 Å². The van der Waals surface area contributed by atoms with E-state index in [2.05, 4.69) is 41.6 Å². The molecule has 1 aliphatic rings. The summed E-state index contributed by atoms with van der Waals surface area (Å²) in [6.45, 7) is 5.19. The third kappa shape index (κ3) is 1.71. The quantitative estimate of drug-likeness (QED) is 0.812. The molecule has 0 unspecified atom stereocenters. The van der Waals surface area contributed by atoms with Crippen molar-refractivity contribution < 1.29 is 0 Å². The van der Waals surface area contributed by atoms with Crippen LogP contribution in [0.4, 0.5) is 5.69 Å². The van der Waals surface area contributed by atoms with Crippen molar-refractivity contribution >= 4 is 5.69 Å². The monoisotopic (exact) mass is 227 g/mol. The second-order valence-corrected chi connectivity index (χ2v) is 4.68. The van der Waals surface area contributed by atoms with Crippen LogP contribution in [0.1, 0.15) is 23.4 Å². The molecule has 3 nitrogen and oxygen atoms in total. The molecule has 17 heavy (non-hydrogen) atoms. The second kappa shape index (κ2) is 3.91. The molecule has 1 N–H and O–H groups in total. The fourth-order valence-corrected chi connectivity index (χ4v) is 2.54. The molecule has 0 aliphatic carbocycles. The maximum Gasteiger partial charge on any atom is 0.0882 e. The van der Waals surface area contributed by atoms with Gasteiger partial charge in [-0.3, -0.25) is 0 Å². The van der Waals surface area contributed by atoms with Gasteiger partial charge in [-0.25, -0.2) is 4.68 Å². The molecule has 3 heteroatoms. The fraction of sp³-hybridized carbons (Fsp3) is 0.357. The molecule has 0 spiro atoms. The molecular weight excluding hydrogens is 210 g/mol. The SMILES string of the molecule is Cc1cc(C)n(-c2cccc3c2NCCC3)n1. The standard InChI is InChI=1S/C14H17N3/c1-10-9-11(2)17(16-10)13-7-3-5-12-6-4-8-15-14(12)13/h3,5,7,9,15H,4,6,8H2,1-2H3. The molecule has 0 atom stereocenters. The molecule has 1 aromatic carbocycles. The Morgan fingerprint density at radius 2 is 2.18 bits per heavy atom. The van der Waals surface area contributed by atoms with Crippen LogP contribution in [0.25, 0.3) is 5.69 Å². The highest BCUT2D eigenvalue weighted by molar-refractivity contribution is 5.67. The average Bonchev–Trinajstić information content (AvgIpc) is 2.68. The Morgan fingerprint density at radius 1 is 1.29 bits per heavy atom. The van der Waals surface area contributed by atoms with Crippen molar-refractivity contribution in [2.75, 3.05) is 11.9 Å². The highest BCUT2D eigenvalue weighted by Crippen LogP contribution is 2.29. The van der Waals surface area contributed by atoms with Gasteiger partial charge in [-0.05, 0) is 44.4 Å². The molecule has 0 amide bonds. The Balaban J connectivity index is 2.17. The van der Waals surface area contributed by atoms with Crippen molar-refractivity contribution in [3.63, 3.8) is 0 Å². The van der Waals surface area contributed by atoms with Crippen LogP contribution < -0.4 is 5.32 Å². The third-order valence-corrected chi connectivity index (χ3v) is 3.29. The number of fused-ring (bicyclic) bond motifs is 1. The molecule has 0 saturated carbocycles. The van der Waals surface area contributed by atoms with Gasteiger partial charge >= 0.3 is 0 Å². The van der Waals surface area contributed by atoms with Crippen LogP contribution in [0.15, 0.2) is 24.3 Å². The third-order valence-electron chi connectivity index (χ3n) is 3.29. The fourth-order valence-electron chi connectivity index (χ4n) is 2.54. The number of aryl methyl sites for hydroxylation is 3. The maximum absolute atomic E-state index is 4.57. The predicted molar refractivity (Wildman–Crippen MR) is 69.8 cm³/mol.